The monoisotopic (exact) mass is 240 g/mol. The fraction of sp³-hybridized carbons (Fsp3) is 0.125. The molecule has 2 nitrogen and oxygen atoms in total. The Kier molecular flexibility index (Phi) is 3.68. The minimum absolute atomic E-state index is 0.715. The number of hydrogen-bond acceptors (Lipinski definition) is 2. The maximum absolute atomic E-state index is 5.79. The van der Waals surface area contributed by atoms with Crippen LogP contribution in [-0.2, 0) is 6.42 Å². The van der Waals surface area contributed by atoms with Crippen LogP contribution < -0.4 is 4.74 Å². The second kappa shape index (κ2) is 5.41. The molecule has 0 fully saturated rings. The standard InChI is InChI=1S/C16H16O2/c1-4-6-12(5-2)9-15-10-13-7-8-14(17-3)11-16(13)18-15/h4-8,10-11H,1-2,9H2,3H3/b12-6+. The van der Waals surface area contributed by atoms with Gasteiger partial charge in [-0.05, 0) is 23.8 Å². The SMILES string of the molecule is C=C/C=C(\C=C)Cc1cc2ccc(OC)cc2o1. The Hall–Kier alpha value is -2.22. The van der Waals surface area contributed by atoms with Crippen molar-refractivity contribution in [3.63, 3.8) is 0 Å². The Morgan fingerprint density at radius 1 is 1.33 bits per heavy atom. The van der Waals surface area contributed by atoms with Crippen LogP contribution in [0, 0.1) is 0 Å². The molecule has 0 amide bonds. The molecule has 0 aliphatic heterocycles. The van der Waals surface area contributed by atoms with Crippen LogP contribution in [0.1, 0.15) is 5.76 Å². The smallest absolute Gasteiger partial charge is 0.137 e. The molecule has 2 heteroatoms. The predicted molar refractivity (Wildman–Crippen MR) is 74.9 cm³/mol. The van der Waals surface area contributed by atoms with Crippen LogP contribution in [0.15, 0.2) is 65.6 Å². The van der Waals surface area contributed by atoms with E-state index >= 15 is 0 Å². The third kappa shape index (κ3) is 2.54. The summed E-state index contributed by atoms with van der Waals surface area (Å²) in [7, 11) is 1.65. The van der Waals surface area contributed by atoms with E-state index in [0.717, 1.165) is 28.1 Å². The quantitative estimate of drug-likeness (QED) is 0.728. The summed E-state index contributed by atoms with van der Waals surface area (Å²) in [6.07, 6.45) is 6.21. The number of rotatable bonds is 5. The number of allylic oxidation sites excluding steroid dienone is 4. The van der Waals surface area contributed by atoms with E-state index in [9.17, 15) is 0 Å². The summed E-state index contributed by atoms with van der Waals surface area (Å²) in [5, 5.41) is 1.08. The molecule has 1 aromatic heterocycles. The van der Waals surface area contributed by atoms with Crippen molar-refractivity contribution < 1.29 is 9.15 Å². The van der Waals surface area contributed by atoms with Crippen LogP contribution in [0.25, 0.3) is 11.0 Å². The molecule has 0 aliphatic rings. The second-order valence-corrected chi connectivity index (χ2v) is 3.97. The lowest BCUT2D eigenvalue weighted by Crippen LogP contribution is -1.83. The first-order chi connectivity index (χ1) is 8.76. The Balaban J connectivity index is 2.32. The van der Waals surface area contributed by atoms with Crippen molar-refractivity contribution >= 4 is 11.0 Å². The van der Waals surface area contributed by atoms with Crippen LogP contribution in [0.2, 0.25) is 0 Å². The average Bonchev–Trinajstić information content (AvgIpc) is 2.79. The number of furan rings is 1. The molecule has 2 aromatic rings. The van der Waals surface area contributed by atoms with E-state index in [-0.39, 0.29) is 0 Å². The summed E-state index contributed by atoms with van der Waals surface area (Å²) >= 11 is 0. The molecule has 0 atom stereocenters. The van der Waals surface area contributed by atoms with Gasteiger partial charge in [0.1, 0.15) is 17.1 Å². The topological polar surface area (TPSA) is 22.4 Å². The van der Waals surface area contributed by atoms with Gasteiger partial charge in [0.25, 0.3) is 0 Å². The molecule has 92 valence electrons. The first kappa shape index (κ1) is 12.2. The second-order valence-electron chi connectivity index (χ2n) is 3.97. The zero-order valence-electron chi connectivity index (χ0n) is 10.5. The number of hydrogen-bond donors (Lipinski definition) is 0. The van der Waals surface area contributed by atoms with Gasteiger partial charge in [-0.2, -0.15) is 0 Å². The number of fused-ring (bicyclic) bond motifs is 1. The van der Waals surface area contributed by atoms with Crippen LogP contribution in [0.5, 0.6) is 5.75 Å². The van der Waals surface area contributed by atoms with Crippen molar-refractivity contribution in [2.75, 3.05) is 7.11 Å². The van der Waals surface area contributed by atoms with Crippen molar-refractivity contribution in [3.05, 3.63) is 67.0 Å². The summed E-state index contributed by atoms with van der Waals surface area (Å²) in [5.74, 6) is 1.71. The fourth-order valence-corrected chi connectivity index (χ4v) is 1.83. The molecule has 18 heavy (non-hydrogen) atoms. The van der Waals surface area contributed by atoms with E-state index in [2.05, 4.69) is 13.2 Å². The third-order valence-electron chi connectivity index (χ3n) is 2.75. The molecule has 0 N–H and O–H groups in total. The highest BCUT2D eigenvalue weighted by Gasteiger charge is 2.05. The van der Waals surface area contributed by atoms with E-state index in [0.29, 0.717) is 6.42 Å². The van der Waals surface area contributed by atoms with Crippen molar-refractivity contribution in [3.8, 4) is 5.75 Å². The molecular formula is C16H16O2. The van der Waals surface area contributed by atoms with E-state index in [1.54, 1.807) is 13.2 Å². The summed E-state index contributed by atoms with van der Waals surface area (Å²) in [6, 6.07) is 7.85. The molecule has 0 spiro atoms. The van der Waals surface area contributed by atoms with Gasteiger partial charge in [0.2, 0.25) is 0 Å². The van der Waals surface area contributed by atoms with Gasteiger partial charge in [0.05, 0.1) is 7.11 Å². The number of ether oxygens (including phenoxy) is 1. The summed E-state index contributed by atoms with van der Waals surface area (Å²) in [6.45, 7) is 7.46. The first-order valence-electron chi connectivity index (χ1n) is 5.77. The van der Waals surface area contributed by atoms with E-state index in [1.807, 2.05) is 36.4 Å². The van der Waals surface area contributed by atoms with Crippen LogP contribution in [0.4, 0.5) is 0 Å². The van der Waals surface area contributed by atoms with Crippen LogP contribution in [-0.4, -0.2) is 7.11 Å². The summed E-state index contributed by atoms with van der Waals surface area (Å²) in [4.78, 5) is 0. The Bertz CT molecular complexity index is 603. The minimum atomic E-state index is 0.715. The molecule has 0 radical (unpaired) electrons. The van der Waals surface area contributed by atoms with Crippen molar-refractivity contribution in [1.82, 2.24) is 0 Å². The molecule has 0 bridgehead atoms. The highest BCUT2D eigenvalue weighted by Crippen LogP contribution is 2.25. The zero-order valence-corrected chi connectivity index (χ0v) is 10.5. The zero-order chi connectivity index (χ0) is 13.0. The van der Waals surface area contributed by atoms with Crippen molar-refractivity contribution in [1.29, 1.82) is 0 Å². The molecule has 1 aromatic carbocycles. The summed E-state index contributed by atoms with van der Waals surface area (Å²) < 4.78 is 11.0. The maximum Gasteiger partial charge on any atom is 0.137 e. The number of benzene rings is 1. The van der Waals surface area contributed by atoms with Gasteiger partial charge in [0, 0.05) is 17.9 Å². The van der Waals surface area contributed by atoms with Crippen molar-refractivity contribution in [2.45, 2.75) is 6.42 Å². The van der Waals surface area contributed by atoms with Gasteiger partial charge in [-0.3, -0.25) is 0 Å². The molecule has 0 saturated heterocycles. The molecular weight excluding hydrogens is 224 g/mol. The molecule has 2 rings (SSSR count). The lowest BCUT2D eigenvalue weighted by Gasteiger charge is -1.97. The lowest BCUT2D eigenvalue weighted by atomic mass is 10.1. The van der Waals surface area contributed by atoms with Gasteiger partial charge in [-0.25, -0.2) is 0 Å². The minimum Gasteiger partial charge on any atom is -0.497 e. The first-order valence-corrected chi connectivity index (χ1v) is 5.77. The lowest BCUT2D eigenvalue weighted by molar-refractivity contribution is 0.414. The van der Waals surface area contributed by atoms with Gasteiger partial charge < -0.3 is 9.15 Å². The summed E-state index contributed by atoms with van der Waals surface area (Å²) in [5.41, 5.74) is 1.92. The average molecular weight is 240 g/mol. The van der Waals surface area contributed by atoms with Gasteiger partial charge in [-0.15, -0.1) is 0 Å². The largest absolute Gasteiger partial charge is 0.497 e. The van der Waals surface area contributed by atoms with Gasteiger partial charge in [0.15, 0.2) is 0 Å². The third-order valence-corrected chi connectivity index (χ3v) is 2.75. The molecule has 0 aliphatic carbocycles. The highest BCUT2D eigenvalue weighted by atomic mass is 16.5. The Morgan fingerprint density at radius 3 is 2.83 bits per heavy atom. The van der Waals surface area contributed by atoms with E-state index in [1.165, 1.54) is 0 Å². The van der Waals surface area contributed by atoms with Crippen molar-refractivity contribution in [2.24, 2.45) is 0 Å². The Labute approximate surface area is 107 Å². The predicted octanol–water partition coefficient (Wildman–Crippen LogP) is 4.28. The Morgan fingerprint density at radius 2 is 2.17 bits per heavy atom. The van der Waals surface area contributed by atoms with Gasteiger partial charge >= 0.3 is 0 Å². The number of methoxy groups -OCH3 is 1. The maximum atomic E-state index is 5.79. The molecule has 0 unspecified atom stereocenters. The van der Waals surface area contributed by atoms with Crippen LogP contribution in [0.3, 0.4) is 0 Å². The molecule has 0 saturated carbocycles. The van der Waals surface area contributed by atoms with E-state index < -0.39 is 0 Å². The van der Waals surface area contributed by atoms with E-state index in [4.69, 9.17) is 9.15 Å². The highest BCUT2D eigenvalue weighted by molar-refractivity contribution is 5.79. The normalized spacial score (nSPS) is 11.5. The van der Waals surface area contributed by atoms with Crippen LogP contribution >= 0.6 is 0 Å². The molecule has 1 heterocycles. The van der Waals surface area contributed by atoms with Gasteiger partial charge in [-0.1, -0.05) is 31.4 Å². The fourth-order valence-electron chi connectivity index (χ4n) is 1.83.